The summed E-state index contributed by atoms with van der Waals surface area (Å²) in [4.78, 5) is 13.8. The molecular weight excluding hydrogens is 352 g/mol. The van der Waals surface area contributed by atoms with Crippen LogP contribution in [0.25, 0.3) is 0 Å². The number of carboxylic acid groups (broad SMARTS) is 1. The average molecular weight is 389 g/mol. The number of hydrogen-bond acceptors (Lipinski definition) is 4. The Morgan fingerprint density at radius 3 is 2.50 bits per heavy atom. The molecule has 28 heavy (non-hydrogen) atoms. The lowest BCUT2D eigenvalue weighted by Gasteiger charge is -2.39. The van der Waals surface area contributed by atoms with Crippen molar-refractivity contribution in [2.75, 3.05) is 30.0 Å². The fraction of sp³-hybridized carbons (Fsp3) is 0.696. The minimum atomic E-state index is -0.748. The fourth-order valence-corrected chi connectivity index (χ4v) is 4.38. The van der Waals surface area contributed by atoms with Crippen molar-refractivity contribution in [3.63, 3.8) is 0 Å². The van der Waals surface area contributed by atoms with Gasteiger partial charge in [0.2, 0.25) is 0 Å². The van der Waals surface area contributed by atoms with Gasteiger partial charge in [-0.3, -0.25) is 4.79 Å². The minimum absolute atomic E-state index is 0.00188. The molecule has 2 aliphatic rings. The zero-order valence-corrected chi connectivity index (χ0v) is 17.6. The average Bonchev–Trinajstić information content (AvgIpc) is 2.63. The van der Waals surface area contributed by atoms with Crippen LogP contribution in [0.3, 0.4) is 0 Å². The predicted octanol–water partition coefficient (Wildman–Crippen LogP) is 4.87. The number of benzene rings is 1. The van der Waals surface area contributed by atoms with Crippen LogP contribution in [0.2, 0.25) is 0 Å². The van der Waals surface area contributed by atoms with Crippen molar-refractivity contribution in [1.82, 2.24) is 0 Å². The van der Waals surface area contributed by atoms with E-state index in [0.29, 0.717) is 18.0 Å². The van der Waals surface area contributed by atoms with E-state index >= 15 is 0 Å². The largest absolute Gasteiger partial charge is 0.481 e. The summed E-state index contributed by atoms with van der Waals surface area (Å²) in [5.74, 6) is -0.160. The molecular formula is C23H36N2O3. The van der Waals surface area contributed by atoms with E-state index in [0.717, 1.165) is 31.0 Å². The topological polar surface area (TPSA) is 61.8 Å². The van der Waals surface area contributed by atoms with Crippen molar-refractivity contribution in [2.24, 2.45) is 5.92 Å². The lowest BCUT2D eigenvalue weighted by atomic mass is 9.92. The number of nitrogens with zero attached hydrogens (tertiary/aromatic N) is 1. The Labute approximate surface area is 169 Å². The van der Waals surface area contributed by atoms with Gasteiger partial charge in [0.25, 0.3) is 0 Å². The van der Waals surface area contributed by atoms with Crippen LogP contribution in [-0.4, -0.2) is 42.9 Å². The number of ether oxygens (including phenoxy) is 1. The van der Waals surface area contributed by atoms with Gasteiger partial charge in [-0.15, -0.1) is 0 Å². The van der Waals surface area contributed by atoms with Crippen molar-refractivity contribution in [2.45, 2.75) is 77.3 Å². The van der Waals surface area contributed by atoms with Crippen molar-refractivity contribution in [3.8, 4) is 0 Å². The van der Waals surface area contributed by atoms with E-state index in [1.807, 2.05) is 6.92 Å². The minimum Gasteiger partial charge on any atom is -0.481 e. The van der Waals surface area contributed by atoms with Gasteiger partial charge in [0.1, 0.15) is 0 Å². The molecule has 2 fully saturated rings. The number of aliphatic carboxylic acids is 1. The fourth-order valence-electron chi connectivity index (χ4n) is 4.38. The molecule has 1 aliphatic heterocycles. The van der Waals surface area contributed by atoms with Gasteiger partial charge < -0.3 is 20.1 Å². The van der Waals surface area contributed by atoms with Crippen molar-refractivity contribution >= 4 is 17.3 Å². The molecule has 5 nitrogen and oxygen atoms in total. The number of hydrogen-bond donors (Lipinski definition) is 2. The molecule has 0 spiro atoms. The maximum absolute atomic E-state index is 11.2. The first-order valence-corrected chi connectivity index (χ1v) is 10.9. The van der Waals surface area contributed by atoms with Crippen molar-refractivity contribution in [1.29, 1.82) is 0 Å². The highest BCUT2D eigenvalue weighted by atomic mass is 16.5. The summed E-state index contributed by atoms with van der Waals surface area (Å²) < 4.78 is 5.36. The van der Waals surface area contributed by atoms with Crippen LogP contribution in [0.15, 0.2) is 18.2 Å². The highest BCUT2D eigenvalue weighted by Gasteiger charge is 2.27. The zero-order chi connectivity index (χ0) is 20.1. The quantitative estimate of drug-likeness (QED) is 0.632. The number of carboxylic acids is 1. The maximum Gasteiger partial charge on any atom is 0.303 e. The van der Waals surface area contributed by atoms with Crippen molar-refractivity contribution in [3.05, 3.63) is 23.8 Å². The van der Waals surface area contributed by atoms with Gasteiger partial charge in [0.05, 0.1) is 37.1 Å². The summed E-state index contributed by atoms with van der Waals surface area (Å²) in [6.07, 6.45) is 6.65. The van der Waals surface area contributed by atoms with Crippen LogP contribution < -0.4 is 10.2 Å². The van der Waals surface area contributed by atoms with Crippen LogP contribution in [-0.2, 0) is 9.53 Å². The second-order valence-electron chi connectivity index (χ2n) is 8.99. The third-order valence-electron chi connectivity index (χ3n) is 5.95. The zero-order valence-electron chi connectivity index (χ0n) is 17.6. The molecule has 1 saturated carbocycles. The lowest BCUT2D eigenvalue weighted by Crippen LogP contribution is -2.42. The second-order valence-corrected chi connectivity index (χ2v) is 8.99. The summed E-state index contributed by atoms with van der Waals surface area (Å²) >= 11 is 0. The van der Waals surface area contributed by atoms with E-state index in [9.17, 15) is 9.90 Å². The maximum atomic E-state index is 11.2. The van der Waals surface area contributed by atoms with Gasteiger partial charge in [-0.25, -0.2) is 0 Å². The van der Waals surface area contributed by atoms with Gasteiger partial charge >= 0.3 is 5.97 Å². The number of rotatable bonds is 9. The molecule has 156 valence electrons. The lowest BCUT2D eigenvalue weighted by molar-refractivity contribution is -0.137. The highest BCUT2D eigenvalue weighted by molar-refractivity contribution is 5.73. The summed E-state index contributed by atoms with van der Waals surface area (Å²) in [6.45, 7) is 9.08. The molecule has 1 atom stereocenters. The summed E-state index contributed by atoms with van der Waals surface area (Å²) in [5, 5.41) is 12.9. The Bertz CT molecular complexity index is 651. The Kier molecular flexibility index (Phi) is 7.22. The Balaban J connectivity index is 1.91. The summed E-state index contributed by atoms with van der Waals surface area (Å²) in [7, 11) is 0. The van der Waals surface area contributed by atoms with E-state index in [1.54, 1.807) is 0 Å². The number of anilines is 2. The molecule has 1 unspecified atom stereocenters. The molecule has 0 amide bonds. The predicted molar refractivity (Wildman–Crippen MR) is 114 cm³/mol. The van der Waals surface area contributed by atoms with Gasteiger partial charge in [-0.1, -0.05) is 46.1 Å². The van der Waals surface area contributed by atoms with E-state index in [-0.39, 0.29) is 12.3 Å². The highest BCUT2D eigenvalue weighted by Crippen LogP contribution is 2.36. The molecule has 0 radical (unpaired) electrons. The monoisotopic (exact) mass is 388 g/mol. The van der Waals surface area contributed by atoms with E-state index in [2.05, 4.69) is 42.3 Å². The first kappa shape index (κ1) is 21.0. The van der Waals surface area contributed by atoms with Crippen LogP contribution in [0.1, 0.15) is 70.8 Å². The van der Waals surface area contributed by atoms with Gasteiger partial charge in [-0.05, 0) is 42.4 Å². The molecule has 3 rings (SSSR count). The van der Waals surface area contributed by atoms with Gasteiger partial charge in [-0.2, -0.15) is 0 Å². The van der Waals surface area contributed by atoms with Crippen LogP contribution in [0, 0.1) is 5.92 Å². The van der Waals surface area contributed by atoms with Crippen LogP contribution >= 0.6 is 0 Å². The third-order valence-corrected chi connectivity index (χ3v) is 5.95. The van der Waals surface area contributed by atoms with E-state index in [1.165, 1.54) is 37.8 Å². The van der Waals surface area contributed by atoms with Gasteiger partial charge in [0.15, 0.2) is 0 Å². The molecule has 1 heterocycles. The molecule has 0 bridgehead atoms. The Morgan fingerprint density at radius 2 is 1.93 bits per heavy atom. The number of nitrogens with one attached hydrogen (secondary N) is 1. The van der Waals surface area contributed by atoms with Gasteiger partial charge in [0, 0.05) is 12.6 Å². The molecule has 1 aliphatic carbocycles. The van der Waals surface area contributed by atoms with Crippen molar-refractivity contribution < 1.29 is 14.6 Å². The Morgan fingerprint density at radius 1 is 1.21 bits per heavy atom. The first-order chi connectivity index (χ1) is 13.4. The second kappa shape index (κ2) is 9.64. The van der Waals surface area contributed by atoms with E-state index < -0.39 is 5.97 Å². The molecule has 1 aromatic carbocycles. The normalized spacial score (nSPS) is 19.3. The standard InChI is InChI=1S/C23H36N2O3/c1-16(2)13-25(20-7-5-4-6-8-20)22-10-9-18(17(3)11-23(26)27)12-21(22)24-19-14-28-15-19/h9-10,12,16-17,19-20,24H,4-8,11,13-15H2,1-3H3,(H,26,27). The molecule has 0 aromatic heterocycles. The third kappa shape index (κ3) is 5.40. The molecule has 5 heteroatoms. The smallest absolute Gasteiger partial charge is 0.303 e. The molecule has 1 saturated heterocycles. The first-order valence-electron chi connectivity index (χ1n) is 10.9. The van der Waals surface area contributed by atoms with Crippen LogP contribution in [0.5, 0.6) is 0 Å². The van der Waals surface area contributed by atoms with Crippen LogP contribution in [0.4, 0.5) is 11.4 Å². The summed E-state index contributed by atoms with van der Waals surface area (Å²) in [6, 6.07) is 7.46. The SMILES string of the molecule is CC(C)CN(c1ccc(C(C)CC(=O)O)cc1NC1COC1)C1CCCCC1. The summed E-state index contributed by atoms with van der Waals surface area (Å²) in [5.41, 5.74) is 3.48. The molecule has 2 N–H and O–H groups in total. The number of carbonyl (C=O) groups is 1. The van der Waals surface area contributed by atoms with E-state index in [4.69, 9.17) is 4.74 Å². The molecule has 1 aromatic rings. The Hall–Kier alpha value is -1.75.